The third-order valence-corrected chi connectivity index (χ3v) is 2.52. The van der Waals surface area contributed by atoms with E-state index in [1.54, 1.807) is 4.90 Å². The van der Waals surface area contributed by atoms with Gasteiger partial charge in [0.1, 0.15) is 0 Å². The van der Waals surface area contributed by atoms with Gasteiger partial charge in [0, 0.05) is 20.0 Å². The molecule has 4 heteroatoms. The van der Waals surface area contributed by atoms with E-state index >= 15 is 0 Å². The summed E-state index contributed by atoms with van der Waals surface area (Å²) in [5.41, 5.74) is 0. The second kappa shape index (κ2) is 4.25. The Balaban J connectivity index is 2.48. The largest absolute Gasteiger partial charge is 0.481 e. The van der Waals surface area contributed by atoms with Gasteiger partial charge >= 0.3 is 5.97 Å². The highest BCUT2D eigenvalue weighted by atomic mass is 16.4. The summed E-state index contributed by atoms with van der Waals surface area (Å²) in [6.07, 6.45) is 2.09. The fourth-order valence-electron chi connectivity index (χ4n) is 1.66. The molecular weight excluding hydrogens is 170 g/mol. The summed E-state index contributed by atoms with van der Waals surface area (Å²) in [6.45, 7) is 2.83. The maximum absolute atomic E-state index is 11.0. The SMILES string of the molecule is CC(=O)N1CCC[C@@H](C(=O)O)CC1. The van der Waals surface area contributed by atoms with Crippen LogP contribution in [-0.2, 0) is 9.59 Å². The quantitative estimate of drug-likeness (QED) is 0.654. The number of aliphatic carboxylic acids is 1. The fraction of sp³-hybridized carbons (Fsp3) is 0.778. The van der Waals surface area contributed by atoms with Crippen LogP contribution in [0.1, 0.15) is 26.2 Å². The lowest BCUT2D eigenvalue weighted by Crippen LogP contribution is -2.29. The number of nitrogens with zero attached hydrogens (tertiary/aromatic N) is 1. The minimum atomic E-state index is -0.731. The van der Waals surface area contributed by atoms with Gasteiger partial charge in [-0.3, -0.25) is 9.59 Å². The van der Waals surface area contributed by atoms with Crippen LogP contribution in [0.15, 0.2) is 0 Å². The number of carboxylic acid groups (broad SMARTS) is 1. The zero-order valence-corrected chi connectivity index (χ0v) is 7.82. The number of carbonyl (C=O) groups is 2. The van der Waals surface area contributed by atoms with Crippen LogP contribution in [0.5, 0.6) is 0 Å². The zero-order chi connectivity index (χ0) is 9.84. The van der Waals surface area contributed by atoms with Crippen LogP contribution in [0.3, 0.4) is 0 Å². The number of amides is 1. The van der Waals surface area contributed by atoms with E-state index in [1.807, 2.05) is 0 Å². The van der Waals surface area contributed by atoms with Gasteiger partial charge in [0.05, 0.1) is 5.92 Å². The van der Waals surface area contributed by atoms with Gasteiger partial charge in [0.2, 0.25) is 5.91 Å². The van der Waals surface area contributed by atoms with E-state index in [2.05, 4.69) is 0 Å². The molecule has 1 heterocycles. The molecule has 13 heavy (non-hydrogen) atoms. The Morgan fingerprint density at radius 3 is 2.54 bits per heavy atom. The molecule has 1 atom stereocenters. The molecule has 1 saturated heterocycles. The van der Waals surface area contributed by atoms with Crippen molar-refractivity contribution in [2.24, 2.45) is 5.92 Å². The van der Waals surface area contributed by atoms with Gasteiger partial charge in [0.25, 0.3) is 0 Å². The summed E-state index contributed by atoms with van der Waals surface area (Å²) >= 11 is 0. The average Bonchev–Trinajstić information content (AvgIpc) is 2.27. The molecule has 0 radical (unpaired) electrons. The lowest BCUT2D eigenvalue weighted by molar-refractivity contribution is -0.142. The molecule has 0 unspecified atom stereocenters. The first kappa shape index (κ1) is 10.0. The van der Waals surface area contributed by atoms with E-state index in [-0.39, 0.29) is 11.8 Å². The van der Waals surface area contributed by atoms with Crippen molar-refractivity contribution in [2.45, 2.75) is 26.2 Å². The van der Waals surface area contributed by atoms with Crippen molar-refractivity contribution in [1.29, 1.82) is 0 Å². The third kappa shape index (κ3) is 2.72. The topological polar surface area (TPSA) is 57.6 Å². The molecule has 0 aromatic carbocycles. The molecule has 0 aromatic heterocycles. The predicted octanol–water partition coefficient (Wildman–Crippen LogP) is 0.720. The summed E-state index contributed by atoms with van der Waals surface area (Å²) in [5.74, 6) is -0.944. The minimum Gasteiger partial charge on any atom is -0.481 e. The molecule has 0 aliphatic carbocycles. The minimum absolute atomic E-state index is 0.0473. The van der Waals surface area contributed by atoms with E-state index in [9.17, 15) is 9.59 Å². The van der Waals surface area contributed by atoms with Crippen LogP contribution in [0, 0.1) is 5.92 Å². The molecule has 0 aromatic rings. The van der Waals surface area contributed by atoms with E-state index in [0.29, 0.717) is 25.9 Å². The summed E-state index contributed by atoms with van der Waals surface area (Å²) in [6, 6.07) is 0. The Labute approximate surface area is 77.5 Å². The highest BCUT2D eigenvalue weighted by Crippen LogP contribution is 2.17. The third-order valence-electron chi connectivity index (χ3n) is 2.52. The first-order valence-electron chi connectivity index (χ1n) is 4.59. The second-order valence-electron chi connectivity index (χ2n) is 3.47. The molecule has 0 spiro atoms. The van der Waals surface area contributed by atoms with Crippen molar-refractivity contribution in [2.75, 3.05) is 13.1 Å². The molecule has 1 aliphatic heterocycles. The maximum atomic E-state index is 11.0. The normalized spacial score (nSPS) is 23.8. The number of likely N-dealkylation sites (tertiary alicyclic amines) is 1. The first-order chi connectivity index (χ1) is 6.11. The molecule has 1 rings (SSSR count). The van der Waals surface area contributed by atoms with Crippen molar-refractivity contribution in [3.63, 3.8) is 0 Å². The highest BCUT2D eigenvalue weighted by Gasteiger charge is 2.22. The van der Waals surface area contributed by atoms with Gasteiger partial charge in [-0.1, -0.05) is 0 Å². The van der Waals surface area contributed by atoms with Crippen LogP contribution in [0.25, 0.3) is 0 Å². The Kier molecular flexibility index (Phi) is 3.28. The monoisotopic (exact) mass is 185 g/mol. The number of carbonyl (C=O) groups excluding carboxylic acids is 1. The summed E-state index contributed by atoms with van der Waals surface area (Å²) < 4.78 is 0. The number of hydrogen-bond acceptors (Lipinski definition) is 2. The van der Waals surface area contributed by atoms with Crippen LogP contribution >= 0.6 is 0 Å². The fourth-order valence-corrected chi connectivity index (χ4v) is 1.66. The molecule has 0 bridgehead atoms. The number of carboxylic acids is 1. The van der Waals surface area contributed by atoms with E-state index in [4.69, 9.17) is 5.11 Å². The van der Waals surface area contributed by atoms with Crippen LogP contribution in [0.4, 0.5) is 0 Å². The molecule has 1 N–H and O–H groups in total. The summed E-state index contributed by atoms with van der Waals surface area (Å²) in [5, 5.41) is 8.78. The molecule has 1 aliphatic rings. The van der Waals surface area contributed by atoms with E-state index in [1.165, 1.54) is 6.92 Å². The van der Waals surface area contributed by atoms with Crippen molar-refractivity contribution >= 4 is 11.9 Å². The standard InChI is InChI=1S/C9H15NO3/c1-7(11)10-5-2-3-8(4-6-10)9(12)13/h8H,2-6H2,1H3,(H,12,13)/t8-/m1/s1. The van der Waals surface area contributed by atoms with Gasteiger partial charge in [-0.2, -0.15) is 0 Å². The average molecular weight is 185 g/mol. The van der Waals surface area contributed by atoms with E-state index < -0.39 is 5.97 Å². The maximum Gasteiger partial charge on any atom is 0.306 e. The van der Waals surface area contributed by atoms with Crippen molar-refractivity contribution in [3.8, 4) is 0 Å². The Morgan fingerprint density at radius 2 is 2.00 bits per heavy atom. The second-order valence-corrected chi connectivity index (χ2v) is 3.47. The van der Waals surface area contributed by atoms with Crippen molar-refractivity contribution < 1.29 is 14.7 Å². The molecular formula is C9H15NO3. The van der Waals surface area contributed by atoms with Crippen LogP contribution < -0.4 is 0 Å². The van der Waals surface area contributed by atoms with Gasteiger partial charge in [0.15, 0.2) is 0 Å². The van der Waals surface area contributed by atoms with Gasteiger partial charge < -0.3 is 10.0 Å². The Hall–Kier alpha value is -1.06. The first-order valence-corrected chi connectivity index (χ1v) is 4.59. The molecule has 74 valence electrons. The van der Waals surface area contributed by atoms with Gasteiger partial charge in [-0.15, -0.1) is 0 Å². The van der Waals surface area contributed by atoms with Crippen molar-refractivity contribution in [1.82, 2.24) is 4.90 Å². The lowest BCUT2D eigenvalue weighted by atomic mass is 10.0. The smallest absolute Gasteiger partial charge is 0.306 e. The number of rotatable bonds is 1. The highest BCUT2D eigenvalue weighted by molar-refractivity contribution is 5.73. The van der Waals surface area contributed by atoms with E-state index in [0.717, 1.165) is 6.42 Å². The Bertz CT molecular complexity index is 193. The predicted molar refractivity (Wildman–Crippen MR) is 47.2 cm³/mol. The molecule has 4 nitrogen and oxygen atoms in total. The van der Waals surface area contributed by atoms with Gasteiger partial charge in [-0.05, 0) is 19.3 Å². The van der Waals surface area contributed by atoms with Gasteiger partial charge in [-0.25, -0.2) is 0 Å². The van der Waals surface area contributed by atoms with Crippen molar-refractivity contribution in [3.05, 3.63) is 0 Å². The Morgan fingerprint density at radius 1 is 1.31 bits per heavy atom. The van der Waals surface area contributed by atoms with Crippen LogP contribution in [-0.4, -0.2) is 35.0 Å². The zero-order valence-electron chi connectivity index (χ0n) is 7.82. The summed E-state index contributed by atoms with van der Waals surface area (Å²) in [4.78, 5) is 23.4. The summed E-state index contributed by atoms with van der Waals surface area (Å²) in [7, 11) is 0. The number of hydrogen-bond donors (Lipinski definition) is 1. The molecule has 1 amide bonds. The molecule has 0 saturated carbocycles. The van der Waals surface area contributed by atoms with Crippen LogP contribution in [0.2, 0.25) is 0 Å². The molecule has 1 fully saturated rings. The lowest BCUT2D eigenvalue weighted by Gasteiger charge is -2.17.